The van der Waals surface area contributed by atoms with Gasteiger partial charge < -0.3 is 10.7 Å². The van der Waals surface area contributed by atoms with Crippen molar-refractivity contribution in [3.8, 4) is 5.69 Å². The monoisotopic (exact) mass is 431 g/mol. The molecule has 0 aliphatic heterocycles. The van der Waals surface area contributed by atoms with Crippen molar-refractivity contribution in [3.63, 3.8) is 0 Å². The Morgan fingerprint density at radius 3 is 2.59 bits per heavy atom. The number of anilines is 1. The van der Waals surface area contributed by atoms with Crippen molar-refractivity contribution in [2.24, 2.45) is 0 Å². The number of halogens is 1. The number of hydrogen-bond acceptors (Lipinski definition) is 6. The van der Waals surface area contributed by atoms with Crippen molar-refractivity contribution in [3.05, 3.63) is 82.7 Å². The van der Waals surface area contributed by atoms with Crippen LogP contribution in [0.1, 0.15) is 24.7 Å². The van der Waals surface area contributed by atoms with E-state index in [-0.39, 0.29) is 5.56 Å². The van der Waals surface area contributed by atoms with Crippen LogP contribution in [0.3, 0.4) is 0 Å². The Morgan fingerprint density at radius 2 is 1.88 bits per heavy atom. The van der Waals surface area contributed by atoms with Crippen molar-refractivity contribution < 1.29 is 4.39 Å². The van der Waals surface area contributed by atoms with E-state index in [4.69, 9.17) is 5.73 Å². The van der Waals surface area contributed by atoms with Gasteiger partial charge in [0.1, 0.15) is 23.5 Å². The number of aromatic nitrogens is 6. The molecule has 5 aromatic rings. The molecule has 9 heteroatoms. The van der Waals surface area contributed by atoms with Crippen molar-refractivity contribution in [1.29, 1.82) is 0 Å². The van der Waals surface area contributed by atoms with Crippen molar-refractivity contribution >= 4 is 27.9 Å². The lowest BCUT2D eigenvalue weighted by Gasteiger charge is -2.13. The van der Waals surface area contributed by atoms with E-state index in [1.165, 1.54) is 24.8 Å². The number of imidazole rings is 1. The molecule has 3 aromatic heterocycles. The summed E-state index contributed by atoms with van der Waals surface area (Å²) in [4.78, 5) is 31.7. The third-order valence-electron chi connectivity index (χ3n) is 4.92. The van der Waals surface area contributed by atoms with E-state index < -0.39 is 5.82 Å². The molecule has 0 aliphatic carbocycles. The van der Waals surface area contributed by atoms with Gasteiger partial charge in [0.05, 0.1) is 22.9 Å². The maximum Gasteiger partial charge on any atom is 0.266 e. The second kappa shape index (κ2) is 8.93. The minimum atomic E-state index is -0.426. The van der Waals surface area contributed by atoms with Crippen LogP contribution < -0.4 is 11.3 Å². The number of rotatable bonds is 3. The summed E-state index contributed by atoms with van der Waals surface area (Å²) in [5.41, 5.74) is 8.97. The Balaban J connectivity index is 0.000000203. The van der Waals surface area contributed by atoms with Crippen LogP contribution in [-0.2, 0) is 6.42 Å². The zero-order valence-electron chi connectivity index (χ0n) is 17.7. The van der Waals surface area contributed by atoms with Gasteiger partial charge in [-0.3, -0.25) is 9.36 Å². The van der Waals surface area contributed by atoms with Crippen LogP contribution >= 0.6 is 0 Å². The standard InChI is InChI=1S/C18H17FN2O.C5H5N5/c1-3-4-17-20-16-10-7-13(19)11-15(16)18(22)21(17)14-8-5-12(2)6-9-14;6-4-3-5(9-1-7-3)10-2-8-4/h5-11H,3-4H2,1-2H3;1-2H,(H3,6,7,8,9,10). The molecule has 3 heterocycles. The number of fused-ring (bicyclic) bond motifs is 2. The summed E-state index contributed by atoms with van der Waals surface area (Å²) in [6.45, 7) is 4.04. The first-order chi connectivity index (χ1) is 15.5. The second-order valence-electron chi connectivity index (χ2n) is 7.28. The third kappa shape index (κ3) is 4.18. The summed E-state index contributed by atoms with van der Waals surface area (Å²) in [5.74, 6) is 0.711. The lowest BCUT2D eigenvalue weighted by atomic mass is 10.2. The number of hydrogen-bond donors (Lipinski definition) is 2. The molecular formula is C23H22FN7O. The predicted molar refractivity (Wildman–Crippen MR) is 122 cm³/mol. The summed E-state index contributed by atoms with van der Waals surface area (Å²) < 4.78 is 15.1. The maximum absolute atomic E-state index is 13.5. The number of H-pyrrole nitrogens is 1. The van der Waals surface area contributed by atoms with Gasteiger partial charge in [-0.2, -0.15) is 0 Å². The molecule has 0 bridgehead atoms. The summed E-state index contributed by atoms with van der Waals surface area (Å²) in [5, 5.41) is 0.306. The van der Waals surface area contributed by atoms with Gasteiger partial charge in [-0.25, -0.2) is 24.3 Å². The molecule has 0 saturated heterocycles. The largest absolute Gasteiger partial charge is 0.382 e. The Labute approximate surface area is 183 Å². The highest BCUT2D eigenvalue weighted by atomic mass is 19.1. The molecule has 0 unspecified atom stereocenters. The average molecular weight is 431 g/mol. The van der Waals surface area contributed by atoms with E-state index in [9.17, 15) is 9.18 Å². The molecule has 5 rings (SSSR count). The molecule has 3 N–H and O–H groups in total. The Bertz CT molecular complexity index is 1440. The van der Waals surface area contributed by atoms with Crippen LogP contribution in [0.5, 0.6) is 0 Å². The van der Waals surface area contributed by atoms with Crippen molar-refractivity contribution in [2.75, 3.05) is 5.73 Å². The average Bonchev–Trinajstić information content (AvgIpc) is 3.27. The molecule has 0 radical (unpaired) electrons. The summed E-state index contributed by atoms with van der Waals surface area (Å²) in [7, 11) is 0. The Morgan fingerprint density at radius 1 is 1.09 bits per heavy atom. The van der Waals surface area contributed by atoms with E-state index in [0.29, 0.717) is 40.1 Å². The van der Waals surface area contributed by atoms with Crippen LogP contribution in [0, 0.1) is 12.7 Å². The van der Waals surface area contributed by atoms with Crippen LogP contribution in [0.25, 0.3) is 27.8 Å². The molecule has 0 fully saturated rings. The van der Waals surface area contributed by atoms with E-state index >= 15 is 0 Å². The minimum absolute atomic E-state index is 0.225. The summed E-state index contributed by atoms with van der Waals surface area (Å²) in [6, 6.07) is 11.8. The molecule has 0 saturated carbocycles. The smallest absolute Gasteiger partial charge is 0.266 e. The number of nitrogens with two attached hydrogens (primary N) is 1. The first-order valence-electron chi connectivity index (χ1n) is 10.2. The molecule has 8 nitrogen and oxygen atoms in total. The fourth-order valence-corrected chi connectivity index (χ4v) is 3.34. The molecule has 0 spiro atoms. The van der Waals surface area contributed by atoms with Gasteiger partial charge in [-0.1, -0.05) is 24.6 Å². The van der Waals surface area contributed by atoms with Gasteiger partial charge in [0.15, 0.2) is 11.5 Å². The van der Waals surface area contributed by atoms with Gasteiger partial charge in [-0.15, -0.1) is 0 Å². The molecule has 0 aliphatic rings. The second-order valence-corrected chi connectivity index (χ2v) is 7.28. The van der Waals surface area contributed by atoms with Crippen molar-refractivity contribution in [2.45, 2.75) is 26.7 Å². The number of aromatic amines is 1. The number of nitrogens with zero attached hydrogens (tertiary/aromatic N) is 5. The lowest BCUT2D eigenvalue weighted by molar-refractivity contribution is 0.629. The minimum Gasteiger partial charge on any atom is -0.382 e. The van der Waals surface area contributed by atoms with Crippen LogP contribution in [0.2, 0.25) is 0 Å². The summed E-state index contributed by atoms with van der Waals surface area (Å²) in [6.07, 6.45) is 4.50. The fraction of sp³-hybridized carbons (Fsp3) is 0.174. The van der Waals surface area contributed by atoms with E-state index in [0.717, 1.165) is 17.7 Å². The molecule has 0 atom stereocenters. The summed E-state index contributed by atoms with van der Waals surface area (Å²) >= 11 is 0. The molecule has 0 amide bonds. The van der Waals surface area contributed by atoms with E-state index in [1.54, 1.807) is 10.6 Å². The first kappa shape index (κ1) is 21.1. The normalized spacial score (nSPS) is 10.8. The maximum atomic E-state index is 13.5. The van der Waals surface area contributed by atoms with Gasteiger partial charge >= 0.3 is 0 Å². The van der Waals surface area contributed by atoms with Gasteiger partial charge in [-0.05, 0) is 43.7 Å². The Kier molecular flexibility index (Phi) is 5.89. The fourth-order valence-electron chi connectivity index (χ4n) is 3.34. The highest BCUT2D eigenvalue weighted by molar-refractivity contribution is 5.80. The highest BCUT2D eigenvalue weighted by Gasteiger charge is 2.12. The molecule has 32 heavy (non-hydrogen) atoms. The van der Waals surface area contributed by atoms with Gasteiger partial charge in [0.2, 0.25) is 0 Å². The molecular weight excluding hydrogens is 409 g/mol. The van der Waals surface area contributed by atoms with Crippen molar-refractivity contribution in [1.82, 2.24) is 29.5 Å². The predicted octanol–water partition coefficient (Wildman–Crippen LogP) is 3.72. The topological polar surface area (TPSA) is 115 Å². The van der Waals surface area contributed by atoms with Crippen LogP contribution in [-0.4, -0.2) is 29.5 Å². The zero-order valence-corrected chi connectivity index (χ0v) is 17.7. The van der Waals surface area contributed by atoms with Gasteiger partial charge in [0.25, 0.3) is 5.56 Å². The van der Waals surface area contributed by atoms with Crippen LogP contribution in [0.15, 0.2) is 59.9 Å². The third-order valence-corrected chi connectivity index (χ3v) is 4.92. The quantitative estimate of drug-likeness (QED) is 0.450. The van der Waals surface area contributed by atoms with E-state index in [1.807, 2.05) is 38.1 Å². The zero-order chi connectivity index (χ0) is 22.7. The SMILES string of the molecule is CCCc1nc2ccc(F)cc2c(=O)n1-c1ccc(C)cc1.Nc1ncnc2nc[nH]c12. The lowest BCUT2D eigenvalue weighted by Crippen LogP contribution is -2.24. The number of nitrogen functional groups attached to an aromatic ring is 1. The van der Waals surface area contributed by atoms with Gasteiger partial charge in [0, 0.05) is 6.42 Å². The highest BCUT2D eigenvalue weighted by Crippen LogP contribution is 2.16. The molecule has 162 valence electrons. The number of nitrogens with one attached hydrogen (secondary N) is 1. The molecule has 2 aromatic carbocycles. The first-order valence-corrected chi connectivity index (χ1v) is 10.2. The van der Waals surface area contributed by atoms with Crippen LogP contribution in [0.4, 0.5) is 10.2 Å². The Hall–Kier alpha value is -4.14. The number of benzene rings is 2. The van der Waals surface area contributed by atoms with E-state index in [2.05, 4.69) is 24.9 Å². The number of aryl methyl sites for hydroxylation is 2.